The van der Waals surface area contributed by atoms with E-state index >= 15 is 0 Å². The molecule has 1 aromatic carbocycles. The monoisotopic (exact) mass is 334 g/mol. The molecule has 2 N–H and O–H groups in total. The van der Waals surface area contributed by atoms with E-state index in [-0.39, 0.29) is 22.4 Å². The Kier molecular flexibility index (Phi) is 5.41. The van der Waals surface area contributed by atoms with Crippen LogP contribution in [0.4, 0.5) is 0 Å². The fourth-order valence-corrected chi connectivity index (χ4v) is 2.81. The molecule has 8 heteroatoms. The largest absolute Gasteiger partial charge is 0.349 e. The number of aromatic nitrogens is 2. The third kappa shape index (κ3) is 4.57. The lowest BCUT2D eigenvalue weighted by Gasteiger charge is -2.13. The van der Waals surface area contributed by atoms with Crippen LogP contribution in [0.15, 0.2) is 47.8 Å². The zero-order valence-corrected chi connectivity index (χ0v) is 13.7. The second-order valence-electron chi connectivity index (χ2n) is 5.01. The molecule has 0 saturated carbocycles. The van der Waals surface area contributed by atoms with Gasteiger partial charge in [-0.2, -0.15) is 0 Å². The Morgan fingerprint density at radius 2 is 2.09 bits per heavy atom. The number of carbonyl (C=O) groups is 1. The smallest absolute Gasteiger partial charge is 0.251 e. The summed E-state index contributed by atoms with van der Waals surface area (Å²) in [5.74, 6) is -0.338. The number of hydrogen-bond donors (Lipinski definition) is 2. The Morgan fingerprint density at radius 1 is 1.30 bits per heavy atom. The molecule has 0 fully saturated rings. The van der Waals surface area contributed by atoms with Crippen LogP contribution < -0.4 is 10.0 Å². The number of carbonyl (C=O) groups excluding carboxylic acids is 1. The van der Waals surface area contributed by atoms with Crippen LogP contribution in [0.5, 0.6) is 0 Å². The second kappa shape index (κ2) is 7.30. The van der Waals surface area contributed by atoms with E-state index in [2.05, 4.69) is 20.0 Å². The Labute approximate surface area is 135 Å². The SMILES string of the molecule is CNS(=O)(=O)c1cccc(C(=O)NC(C)Cc2cnccn2)c1. The van der Waals surface area contributed by atoms with Crippen molar-refractivity contribution in [3.63, 3.8) is 0 Å². The van der Waals surface area contributed by atoms with Crippen molar-refractivity contribution in [2.75, 3.05) is 7.05 Å². The number of nitrogens with one attached hydrogen (secondary N) is 2. The van der Waals surface area contributed by atoms with Gasteiger partial charge in [-0.25, -0.2) is 13.1 Å². The average Bonchev–Trinajstić information content (AvgIpc) is 2.55. The molecule has 1 heterocycles. The van der Waals surface area contributed by atoms with E-state index in [1.54, 1.807) is 24.7 Å². The standard InChI is InChI=1S/C15H18N4O3S/c1-11(8-13-10-17-6-7-18-13)19-15(20)12-4-3-5-14(9-12)23(21,22)16-2/h3-7,9-11,16H,8H2,1-2H3,(H,19,20). The summed E-state index contributed by atoms with van der Waals surface area (Å²) >= 11 is 0. The third-order valence-corrected chi connectivity index (χ3v) is 4.60. The van der Waals surface area contributed by atoms with Crippen molar-refractivity contribution in [3.8, 4) is 0 Å². The van der Waals surface area contributed by atoms with Gasteiger partial charge in [0, 0.05) is 36.6 Å². The molecule has 0 saturated heterocycles. The molecule has 1 atom stereocenters. The summed E-state index contributed by atoms with van der Waals surface area (Å²) in [6.07, 6.45) is 5.35. The zero-order chi connectivity index (χ0) is 16.9. The van der Waals surface area contributed by atoms with Gasteiger partial charge in [-0.3, -0.25) is 14.8 Å². The number of sulfonamides is 1. The van der Waals surface area contributed by atoms with Crippen LogP contribution in [0, 0.1) is 0 Å². The molecule has 0 spiro atoms. The van der Waals surface area contributed by atoms with Crippen molar-refractivity contribution in [2.45, 2.75) is 24.3 Å². The van der Waals surface area contributed by atoms with Crippen LogP contribution in [0.2, 0.25) is 0 Å². The van der Waals surface area contributed by atoms with Crippen molar-refractivity contribution in [3.05, 3.63) is 54.1 Å². The van der Waals surface area contributed by atoms with Crippen LogP contribution in [-0.2, 0) is 16.4 Å². The first-order valence-corrected chi connectivity index (χ1v) is 8.50. The minimum absolute atomic E-state index is 0.0502. The molecule has 7 nitrogen and oxygen atoms in total. The van der Waals surface area contributed by atoms with Gasteiger partial charge in [-0.15, -0.1) is 0 Å². The van der Waals surface area contributed by atoms with Crippen LogP contribution in [0.1, 0.15) is 23.0 Å². The van der Waals surface area contributed by atoms with Gasteiger partial charge in [0.05, 0.1) is 10.6 Å². The van der Waals surface area contributed by atoms with E-state index in [1.807, 2.05) is 6.92 Å². The summed E-state index contributed by atoms with van der Waals surface area (Å²) in [4.78, 5) is 20.4. The Balaban J connectivity index is 2.07. The van der Waals surface area contributed by atoms with E-state index in [0.717, 1.165) is 5.69 Å². The third-order valence-electron chi connectivity index (χ3n) is 3.18. The molecular formula is C15H18N4O3S. The van der Waals surface area contributed by atoms with Crippen LogP contribution in [0.25, 0.3) is 0 Å². The lowest BCUT2D eigenvalue weighted by molar-refractivity contribution is 0.0939. The molecule has 2 aromatic rings. The van der Waals surface area contributed by atoms with Crippen LogP contribution in [-0.4, -0.2) is 37.4 Å². The van der Waals surface area contributed by atoms with Crippen molar-refractivity contribution >= 4 is 15.9 Å². The molecule has 0 bridgehead atoms. The molecule has 0 aliphatic rings. The van der Waals surface area contributed by atoms with Gasteiger partial charge < -0.3 is 5.32 Å². The topological polar surface area (TPSA) is 101 Å². The molecule has 0 radical (unpaired) electrons. The number of benzene rings is 1. The van der Waals surface area contributed by atoms with E-state index in [0.29, 0.717) is 6.42 Å². The summed E-state index contributed by atoms with van der Waals surface area (Å²) in [7, 11) is -2.26. The average molecular weight is 334 g/mol. The maximum absolute atomic E-state index is 12.3. The van der Waals surface area contributed by atoms with Gasteiger partial charge >= 0.3 is 0 Å². The molecule has 1 amide bonds. The van der Waals surface area contributed by atoms with Crippen molar-refractivity contribution in [1.82, 2.24) is 20.0 Å². The van der Waals surface area contributed by atoms with Gasteiger partial charge in [0.15, 0.2) is 0 Å². The first-order valence-electron chi connectivity index (χ1n) is 7.02. The molecular weight excluding hydrogens is 316 g/mol. The fourth-order valence-electron chi connectivity index (χ4n) is 2.03. The van der Waals surface area contributed by atoms with Crippen molar-refractivity contribution in [1.29, 1.82) is 0 Å². The zero-order valence-electron chi connectivity index (χ0n) is 12.9. The van der Waals surface area contributed by atoms with Crippen molar-refractivity contribution < 1.29 is 13.2 Å². The predicted octanol–water partition coefficient (Wildman–Crippen LogP) is 0.746. The minimum atomic E-state index is -3.58. The van der Waals surface area contributed by atoms with Gasteiger partial charge in [0.2, 0.25) is 10.0 Å². The van der Waals surface area contributed by atoms with E-state index in [9.17, 15) is 13.2 Å². The van der Waals surface area contributed by atoms with Gasteiger partial charge in [-0.1, -0.05) is 6.07 Å². The summed E-state index contributed by atoms with van der Waals surface area (Å²) in [5.41, 5.74) is 1.05. The van der Waals surface area contributed by atoms with Gasteiger partial charge in [0.25, 0.3) is 5.91 Å². The number of hydrogen-bond acceptors (Lipinski definition) is 5. The number of amides is 1. The number of rotatable bonds is 6. The summed E-state index contributed by atoms with van der Waals surface area (Å²) < 4.78 is 25.8. The van der Waals surface area contributed by atoms with E-state index < -0.39 is 10.0 Å². The Bertz CT molecular complexity index is 778. The maximum atomic E-state index is 12.3. The first kappa shape index (κ1) is 17.0. The highest BCUT2D eigenvalue weighted by Gasteiger charge is 2.15. The lowest BCUT2D eigenvalue weighted by atomic mass is 10.1. The minimum Gasteiger partial charge on any atom is -0.349 e. The normalized spacial score (nSPS) is 12.6. The summed E-state index contributed by atoms with van der Waals surface area (Å²) in [6.45, 7) is 1.85. The molecule has 2 rings (SSSR count). The highest BCUT2D eigenvalue weighted by Crippen LogP contribution is 2.11. The van der Waals surface area contributed by atoms with E-state index in [1.165, 1.54) is 25.2 Å². The molecule has 23 heavy (non-hydrogen) atoms. The molecule has 1 aromatic heterocycles. The maximum Gasteiger partial charge on any atom is 0.251 e. The highest BCUT2D eigenvalue weighted by atomic mass is 32.2. The molecule has 1 unspecified atom stereocenters. The Morgan fingerprint density at radius 3 is 2.74 bits per heavy atom. The van der Waals surface area contributed by atoms with E-state index in [4.69, 9.17) is 0 Å². The fraction of sp³-hybridized carbons (Fsp3) is 0.267. The number of nitrogens with zero attached hydrogens (tertiary/aromatic N) is 2. The summed E-state index contributed by atoms with van der Waals surface area (Å²) in [6, 6.07) is 5.72. The predicted molar refractivity (Wildman–Crippen MR) is 85.4 cm³/mol. The van der Waals surface area contributed by atoms with Crippen LogP contribution >= 0.6 is 0 Å². The Hall–Kier alpha value is -2.32. The molecule has 0 aliphatic carbocycles. The van der Waals surface area contributed by atoms with Gasteiger partial charge in [-0.05, 0) is 32.2 Å². The lowest BCUT2D eigenvalue weighted by Crippen LogP contribution is -2.34. The van der Waals surface area contributed by atoms with Gasteiger partial charge in [0.1, 0.15) is 0 Å². The summed E-state index contributed by atoms with van der Waals surface area (Å²) in [5, 5.41) is 2.82. The highest BCUT2D eigenvalue weighted by molar-refractivity contribution is 7.89. The molecule has 0 aliphatic heterocycles. The van der Waals surface area contributed by atoms with Crippen molar-refractivity contribution in [2.24, 2.45) is 0 Å². The van der Waals surface area contributed by atoms with Crippen LogP contribution in [0.3, 0.4) is 0 Å². The quantitative estimate of drug-likeness (QED) is 0.811. The molecule has 122 valence electrons. The second-order valence-corrected chi connectivity index (χ2v) is 6.90. The first-order chi connectivity index (χ1) is 10.9.